The number of hydrogen-bond acceptors (Lipinski definition) is 0. The first-order valence-corrected chi connectivity index (χ1v) is 4.36. The van der Waals surface area contributed by atoms with Gasteiger partial charge in [-0.2, -0.15) is 0 Å². The minimum absolute atomic E-state index is 1.08. The lowest BCUT2D eigenvalue weighted by molar-refractivity contribution is 0.758. The van der Waals surface area contributed by atoms with Gasteiger partial charge in [0.15, 0.2) is 0 Å². The van der Waals surface area contributed by atoms with E-state index in [9.17, 15) is 0 Å². The van der Waals surface area contributed by atoms with E-state index >= 15 is 0 Å². The highest BCUT2D eigenvalue weighted by molar-refractivity contribution is 4.80. The Morgan fingerprint density at radius 3 is 2.40 bits per heavy atom. The van der Waals surface area contributed by atoms with E-state index in [1.54, 1.807) is 0 Å². The fourth-order valence-corrected chi connectivity index (χ4v) is 0.841. The van der Waals surface area contributed by atoms with Crippen molar-refractivity contribution in [1.82, 2.24) is 0 Å². The van der Waals surface area contributed by atoms with Gasteiger partial charge in [-0.3, -0.25) is 0 Å². The molecule has 0 aliphatic carbocycles. The van der Waals surface area contributed by atoms with Crippen molar-refractivity contribution in [3.05, 3.63) is 19.1 Å². The highest BCUT2D eigenvalue weighted by atomic mass is 13.9. The zero-order valence-corrected chi connectivity index (χ0v) is 7.10. The zero-order chi connectivity index (χ0) is 7.66. The maximum absolute atomic E-state index is 3.80. The minimum atomic E-state index is 1.08. The summed E-state index contributed by atoms with van der Waals surface area (Å²) in [6, 6.07) is 0. The Kier molecular flexibility index (Phi) is 8.51. The molecule has 0 saturated carbocycles. The molecule has 0 heteroatoms. The van der Waals surface area contributed by atoms with Crippen LogP contribution in [0.4, 0.5) is 0 Å². The Balaban J connectivity index is 2.88. The third-order valence-corrected chi connectivity index (χ3v) is 1.49. The van der Waals surface area contributed by atoms with Crippen molar-refractivity contribution in [2.24, 2.45) is 0 Å². The third-order valence-electron chi connectivity index (χ3n) is 1.49. The van der Waals surface area contributed by atoms with E-state index < -0.39 is 0 Å². The molecule has 0 fully saturated rings. The molecule has 0 bridgehead atoms. The average molecular weight is 139 g/mol. The van der Waals surface area contributed by atoms with Crippen LogP contribution in [-0.4, -0.2) is 0 Å². The molecule has 59 valence electrons. The molecule has 0 aliphatic rings. The Morgan fingerprint density at radius 2 is 1.80 bits per heavy atom. The summed E-state index contributed by atoms with van der Waals surface area (Å²) >= 11 is 0. The van der Waals surface area contributed by atoms with E-state index in [0.717, 1.165) is 6.42 Å². The molecule has 0 N–H and O–H groups in total. The Labute approximate surface area is 65.3 Å². The van der Waals surface area contributed by atoms with Crippen molar-refractivity contribution in [2.75, 3.05) is 0 Å². The van der Waals surface area contributed by atoms with Crippen LogP contribution in [-0.2, 0) is 0 Å². The van der Waals surface area contributed by atoms with Crippen LogP contribution in [0.25, 0.3) is 0 Å². The van der Waals surface area contributed by atoms with Crippen LogP contribution >= 0.6 is 0 Å². The van der Waals surface area contributed by atoms with Gasteiger partial charge in [-0.1, -0.05) is 45.3 Å². The summed E-state index contributed by atoms with van der Waals surface area (Å²) in [4.78, 5) is 0. The topological polar surface area (TPSA) is 0 Å². The van der Waals surface area contributed by atoms with Gasteiger partial charge < -0.3 is 0 Å². The second-order valence-corrected chi connectivity index (χ2v) is 2.61. The van der Waals surface area contributed by atoms with Gasteiger partial charge in [0, 0.05) is 0 Å². The molecule has 0 unspecified atom stereocenters. The lowest BCUT2D eigenvalue weighted by atomic mass is 10.2. The fourth-order valence-electron chi connectivity index (χ4n) is 0.841. The first-order valence-electron chi connectivity index (χ1n) is 4.36. The van der Waals surface area contributed by atoms with E-state index in [1.807, 2.05) is 0 Å². The third kappa shape index (κ3) is 7.74. The first-order chi connectivity index (χ1) is 4.91. The van der Waals surface area contributed by atoms with Gasteiger partial charge in [-0.15, -0.1) is 0 Å². The van der Waals surface area contributed by atoms with Crippen LogP contribution in [0.2, 0.25) is 0 Å². The molecule has 0 saturated heterocycles. The molecule has 0 aromatic rings. The standard InChI is InChI=1S/C10H19/c1-3-5-7-9-10-8-6-4-2/h8,10H,1,3-7,9H2,2H3/b10-8+. The quantitative estimate of drug-likeness (QED) is 0.388. The summed E-state index contributed by atoms with van der Waals surface area (Å²) in [6.07, 6.45) is 12.0. The summed E-state index contributed by atoms with van der Waals surface area (Å²) < 4.78 is 0. The maximum atomic E-state index is 3.80. The number of unbranched alkanes of at least 4 members (excludes halogenated alkanes) is 4. The van der Waals surface area contributed by atoms with E-state index in [0.29, 0.717) is 0 Å². The van der Waals surface area contributed by atoms with Crippen molar-refractivity contribution < 1.29 is 0 Å². The molecule has 0 aromatic carbocycles. The number of allylic oxidation sites excluding steroid dienone is 2. The summed E-state index contributed by atoms with van der Waals surface area (Å²) in [7, 11) is 0. The van der Waals surface area contributed by atoms with Crippen LogP contribution in [0.1, 0.15) is 45.4 Å². The molecule has 0 aliphatic heterocycles. The van der Waals surface area contributed by atoms with Crippen LogP contribution in [0, 0.1) is 6.92 Å². The molecule has 0 aromatic heterocycles. The van der Waals surface area contributed by atoms with Crippen molar-refractivity contribution in [1.29, 1.82) is 0 Å². The molecule has 1 radical (unpaired) electrons. The second-order valence-electron chi connectivity index (χ2n) is 2.61. The molecule has 0 spiro atoms. The van der Waals surface area contributed by atoms with E-state index in [-0.39, 0.29) is 0 Å². The van der Waals surface area contributed by atoms with Gasteiger partial charge in [0.1, 0.15) is 0 Å². The zero-order valence-electron chi connectivity index (χ0n) is 7.10. The van der Waals surface area contributed by atoms with Crippen LogP contribution < -0.4 is 0 Å². The predicted octanol–water partition coefficient (Wildman–Crippen LogP) is 3.74. The highest BCUT2D eigenvalue weighted by Gasteiger charge is 1.80. The number of hydrogen-bond donors (Lipinski definition) is 0. The Bertz CT molecular complexity index is 72.1. The molecule has 0 amide bonds. The first kappa shape index (κ1) is 9.74. The molecule has 0 nitrogen and oxygen atoms in total. The van der Waals surface area contributed by atoms with E-state index in [4.69, 9.17) is 0 Å². The average Bonchev–Trinajstić information content (AvgIpc) is 1.97. The fraction of sp³-hybridized carbons (Fsp3) is 0.700. The van der Waals surface area contributed by atoms with Gasteiger partial charge in [-0.25, -0.2) is 0 Å². The van der Waals surface area contributed by atoms with Gasteiger partial charge in [0.25, 0.3) is 0 Å². The van der Waals surface area contributed by atoms with Crippen molar-refractivity contribution >= 4 is 0 Å². The lowest BCUT2D eigenvalue weighted by Gasteiger charge is -1.90. The Morgan fingerprint density at radius 1 is 1.10 bits per heavy atom. The Hall–Kier alpha value is -0.260. The summed E-state index contributed by atoms with van der Waals surface area (Å²) in [5.41, 5.74) is 0. The van der Waals surface area contributed by atoms with E-state index in [1.165, 1.54) is 32.1 Å². The maximum Gasteiger partial charge on any atom is -0.0351 e. The molecule has 0 heterocycles. The van der Waals surface area contributed by atoms with Gasteiger partial charge in [-0.05, 0) is 19.3 Å². The van der Waals surface area contributed by atoms with Gasteiger partial charge in [0.05, 0.1) is 0 Å². The summed E-state index contributed by atoms with van der Waals surface area (Å²) in [6.45, 7) is 6.00. The highest BCUT2D eigenvalue weighted by Crippen LogP contribution is 2.00. The van der Waals surface area contributed by atoms with Crippen LogP contribution in [0.5, 0.6) is 0 Å². The number of rotatable bonds is 6. The van der Waals surface area contributed by atoms with Crippen molar-refractivity contribution in [3.8, 4) is 0 Å². The largest absolute Gasteiger partial charge is 0.0885 e. The summed E-state index contributed by atoms with van der Waals surface area (Å²) in [5.74, 6) is 0. The molecular weight excluding hydrogens is 120 g/mol. The molecule has 10 heavy (non-hydrogen) atoms. The molecule has 0 rings (SSSR count). The minimum Gasteiger partial charge on any atom is -0.0885 e. The lowest BCUT2D eigenvalue weighted by Crippen LogP contribution is -1.70. The normalized spacial score (nSPS) is 11.0. The van der Waals surface area contributed by atoms with Gasteiger partial charge >= 0.3 is 0 Å². The predicted molar refractivity (Wildman–Crippen MR) is 47.9 cm³/mol. The molecule has 0 atom stereocenters. The molecular formula is C10H19. The smallest absolute Gasteiger partial charge is 0.0351 e. The second kappa shape index (κ2) is 8.74. The monoisotopic (exact) mass is 139 g/mol. The van der Waals surface area contributed by atoms with Crippen molar-refractivity contribution in [2.45, 2.75) is 45.4 Å². The summed E-state index contributed by atoms with van der Waals surface area (Å²) in [5, 5.41) is 0. The van der Waals surface area contributed by atoms with Crippen LogP contribution in [0.3, 0.4) is 0 Å². The van der Waals surface area contributed by atoms with Gasteiger partial charge in [0.2, 0.25) is 0 Å². The van der Waals surface area contributed by atoms with Crippen molar-refractivity contribution in [3.63, 3.8) is 0 Å². The SMILES string of the molecule is [CH2]CCCC/C=C/CCC. The van der Waals surface area contributed by atoms with Crippen LogP contribution in [0.15, 0.2) is 12.2 Å². The van der Waals surface area contributed by atoms with E-state index in [2.05, 4.69) is 26.0 Å².